The van der Waals surface area contributed by atoms with Gasteiger partial charge in [-0.05, 0) is 39.5 Å². The summed E-state index contributed by atoms with van der Waals surface area (Å²) >= 11 is 0. The third kappa shape index (κ3) is 3.96. The van der Waals surface area contributed by atoms with Gasteiger partial charge in [0.2, 0.25) is 10.0 Å². The van der Waals surface area contributed by atoms with Gasteiger partial charge in [-0.25, -0.2) is 12.7 Å². The first-order chi connectivity index (χ1) is 11.5. The first-order valence-electron chi connectivity index (χ1n) is 8.51. The molecule has 0 aromatic carbocycles. The Morgan fingerprint density at radius 2 is 2.04 bits per heavy atom. The third-order valence-electron chi connectivity index (χ3n) is 4.49. The van der Waals surface area contributed by atoms with E-state index in [-0.39, 0.29) is 24.1 Å². The second-order valence-corrected chi connectivity index (χ2v) is 9.04. The van der Waals surface area contributed by atoms with Crippen LogP contribution in [0.5, 0.6) is 0 Å². The summed E-state index contributed by atoms with van der Waals surface area (Å²) in [6, 6.07) is 0. The van der Waals surface area contributed by atoms with Crippen LogP contribution in [-0.4, -0.2) is 53.9 Å². The van der Waals surface area contributed by atoms with Crippen LogP contribution in [0, 0.1) is 0 Å². The lowest BCUT2D eigenvalue weighted by Gasteiger charge is -2.32. The van der Waals surface area contributed by atoms with Gasteiger partial charge in [-0.2, -0.15) is 4.98 Å². The van der Waals surface area contributed by atoms with Gasteiger partial charge in [-0.15, -0.1) is 0 Å². The van der Waals surface area contributed by atoms with E-state index in [1.807, 2.05) is 0 Å². The SMILES string of the molecule is CC(C)S(=O)(=O)N1CCC(OCc2noc(C3CCCO3)n2)CC1. The molecule has 0 amide bonds. The topological polar surface area (TPSA) is 94.8 Å². The average Bonchev–Trinajstić information content (AvgIpc) is 3.24. The Morgan fingerprint density at radius 1 is 1.29 bits per heavy atom. The molecule has 1 aromatic rings. The van der Waals surface area contributed by atoms with E-state index in [1.165, 1.54) is 0 Å². The highest BCUT2D eigenvalue weighted by Gasteiger charge is 2.30. The third-order valence-corrected chi connectivity index (χ3v) is 6.77. The van der Waals surface area contributed by atoms with E-state index < -0.39 is 10.0 Å². The molecule has 0 saturated carbocycles. The summed E-state index contributed by atoms with van der Waals surface area (Å²) in [4.78, 5) is 4.32. The number of nitrogens with zero attached hydrogens (tertiary/aromatic N) is 3. The predicted octanol–water partition coefficient (Wildman–Crippen LogP) is 1.64. The van der Waals surface area contributed by atoms with Crippen molar-refractivity contribution in [3.05, 3.63) is 11.7 Å². The van der Waals surface area contributed by atoms with E-state index >= 15 is 0 Å². The van der Waals surface area contributed by atoms with Crippen LogP contribution in [0.1, 0.15) is 57.3 Å². The Balaban J connectivity index is 1.45. The van der Waals surface area contributed by atoms with Crippen molar-refractivity contribution < 1.29 is 22.4 Å². The first-order valence-corrected chi connectivity index (χ1v) is 10.0. The van der Waals surface area contributed by atoms with Gasteiger partial charge in [0.15, 0.2) is 5.82 Å². The second-order valence-electron chi connectivity index (χ2n) is 6.55. The minimum Gasteiger partial charge on any atom is -0.370 e. The van der Waals surface area contributed by atoms with Crippen LogP contribution in [0.3, 0.4) is 0 Å². The minimum absolute atomic E-state index is 0.0216. The van der Waals surface area contributed by atoms with Crippen molar-refractivity contribution in [2.75, 3.05) is 19.7 Å². The molecular formula is C15H25N3O5S. The zero-order valence-electron chi connectivity index (χ0n) is 14.2. The summed E-state index contributed by atoms with van der Waals surface area (Å²) in [5.74, 6) is 1.03. The minimum atomic E-state index is -3.17. The molecule has 1 aromatic heterocycles. The van der Waals surface area contributed by atoms with Gasteiger partial charge >= 0.3 is 0 Å². The van der Waals surface area contributed by atoms with Gasteiger partial charge in [0.05, 0.1) is 11.4 Å². The van der Waals surface area contributed by atoms with E-state index in [9.17, 15) is 8.42 Å². The molecule has 0 spiro atoms. The molecule has 2 fully saturated rings. The van der Waals surface area contributed by atoms with Crippen LogP contribution >= 0.6 is 0 Å². The Morgan fingerprint density at radius 3 is 2.67 bits per heavy atom. The van der Waals surface area contributed by atoms with Gasteiger partial charge in [-0.1, -0.05) is 5.16 Å². The molecule has 1 unspecified atom stereocenters. The van der Waals surface area contributed by atoms with E-state index in [0.29, 0.717) is 37.6 Å². The lowest BCUT2D eigenvalue weighted by Crippen LogP contribution is -2.43. The van der Waals surface area contributed by atoms with Crippen LogP contribution < -0.4 is 0 Å². The van der Waals surface area contributed by atoms with E-state index in [0.717, 1.165) is 19.4 Å². The number of ether oxygens (including phenoxy) is 2. The molecule has 1 atom stereocenters. The Hall–Kier alpha value is -1.03. The largest absolute Gasteiger partial charge is 0.370 e. The molecule has 3 rings (SSSR count). The Labute approximate surface area is 142 Å². The number of hydrogen-bond acceptors (Lipinski definition) is 7. The second kappa shape index (κ2) is 7.47. The molecule has 9 heteroatoms. The zero-order valence-corrected chi connectivity index (χ0v) is 15.0. The normalized spacial score (nSPS) is 24.0. The van der Waals surface area contributed by atoms with Gasteiger partial charge in [-0.3, -0.25) is 0 Å². The lowest BCUT2D eigenvalue weighted by atomic mass is 10.1. The fourth-order valence-corrected chi connectivity index (χ4v) is 4.29. The van der Waals surface area contributed by atoms with Crippen molar-refractivity contribution >= 4 is 10.0 Å². The molecule has 0 N–H and O–H groups in total. The van der Waals surface area contributed by atoms with Crippen LogP contribution in [0.25, 0.3) is 0 Å². The molecule has 8 nitrogen and oxygen atoms in total. The predicted molar refractivity (Wildman–Crippen MR) is 85.7 cm³/mol. The summed E-state index contributed by atoms with van der Waals surface area (Å²) in [6.45, 7) is 5.42. The molecular weight excluding hydrogens is 334 g/mol. The van der Waals surface area contributed by atoms with Gasteiger partial charge in [0.25, 0.3) is 5.89 Å². The molecule has 0 aliphatic carbocycles. The highest BCUT2D eigenvalue weighted by Crippen LogP contribution is 2.27. The van der Waals surface area contributed by atoms with Crippen molar-refractivity contribution in [2.24, 2.45) is 0 Å². The molecule has 2 aliphatic rings. The van der Waals surface area contributed by atoms with Crippen LogP contribution in [0.4, 0.5) is 0 Å². The monoisotopic (exact) mass is 359 g/mol. The van der Waals surface area contributed by atoms with Crippen molar-refractivity contribution in [1.82, 2.24) is 14.4 Å². The van der Waals surface area contributed by atoms with Gasteiger partial charge < -0.3 is 14.0 Å². The molecule has 3 heterocycles. The van der Waals surface area contributed by atoms with Crippen LogP contribution in [0.2, 0.25) is 0 Å². The summed E-state index contributed by atoms with van der Waals surface area (Å²) < 4.78 is 42.4. The number of rotatable bonds is 6. The highest BCUT2D eigenvalue weighted by atomic mass is 32.2. The maximum Gasteiger partial charge on any atom is 0.255 e. The molecule has 2 saturated heterocycles. The number of hydrogen-bond donors (Lipinski definition) is 0. The van der Waals surface area contributed by atoms with Crippen molar-refractivity contribution in [3.8, 4) is 0 Å². The van der Waals surface area contributed by atoms with Gasteiger partial charge in [0, 0.05) is 19.7 Å². The fraction of sp³-hybridized carbons (Fsp3) is 0.867. The maximum absolute atomic E-state index is 12.1. The zero-order chi connectivity index (χ0) is 17.2. The summed E-state index contributed by atoms with van der Waals surface area (Å²) in [6.07, 6.45) is 3.22. The highest BCUT2D eigenvalue weighted by molar-refractivity contribution is 7.89. The molecule has 2 aliphatic heterocycles. The molecule has 136 valence electrons. The smallest absolute Gasteiger partial charge is 0.255 e. The van der Waals surface area contributed by atoms with Gasteiger partial charge in [0.1, 0.15) is 12.7 Å². The molecule has 24 heavy (non-hydrogen) atoms. The summed E-state index contributed by atoms with van der Waals surface area (Å²) in [5, 5.41) is 3.54. The first kappa shape index (κ1) is 17.8. The fourth-order valence-electron chi connectivity index (χ4n) is 2.97. The molecule has 0 bridgehead atoms. The van der Waals surface area contributed by atoms with Crippen molar-refractivity contribution in [1.29, 1.82) is 0 Å². The summed E-state index contributed by atoms with van der Waals surface area (Å²) in [5.41, 5.74) is 0. The van der Waals surface area contributed by atoms with Crippen LogP contribution in [-0.2, 0) is 26.1 Å². The van der Waals surface area contributed by atoms with E-state index in [4.69, 9.17) is 14.0 Å². The average molecular weight is 359 g/mol. The van der Waals surface area contributed by atoms with Crippen molar-refractivity contribution in [3.63, 3.8) is 0 Å². The number of sulfonamides is 1. The molecule has 0 radical (unpaired) electrons. The van der Waals surface area contributed by atoms with E-state index in [2.05, 4.69) is 10.1 Å². The lowest BCUT2D eigenvalue weighted by molar-refractivity contribution is 0.00628. The van der Waals surface area contributed by atoms with Crippen LogP contribution in [0.15, 0.2) is 4.52 Å². The maximum atomic E-state index is 12.1. The number of piperidine rings is 1. The summed E-state index contributed by atoms with van der Waals surface area (Å²) in [7, 11) is -3.17. The quantitative estimate of drug-likeness (QED) is 0.762. The number of aromatic nitrogens is 2. The Kier molecular flexibility index (Phi) is 5.53. The Bertz CT molecular complexity index is 631. The standard InChI is InChI=1S/C15H25N3O5S/c1-11(2)24(19,20)18-7-5-12(6-8-18)22-10-14-16-15(23-17-14)13-4-3-9-21-13/h11-13H,3-10H2,1-2H3. The van der Waals surface area contributed by atoms with Crippen molar-refractivity contribution in [2.45, 2.75) is 63.6 Å². The van der Waals surface area contributed by atoms with E-state index in [1.54, 1.807) is 18.2 Å².